The van der Waals surface area contributed by atoms with Gasteiger partial charge in [0.25, 0.3) is 0 Å². The molecule has 4 heteroatoms. The molecule has 74 valence electrons. The van der Waals surface area contributed by atoms with E-state index in [1.807, 2.05) is 11.3 Å². The fraction of sp³-hybridized carbons (Fsp3) is 0.400. The number of nitrogens with zero attached hydrogens (tertiary/aromatic N) is 2. The maximum atomic E-state index is 11.0. The van der Waals surface area contributed by atoms with Crippen molar-refractivity contribution in [3.8, 4) is 0 Å². The molecule has 0 aliphatic carbocycles. The van der Waals surface area contributed by atoms with E-state index in [9.17, 15) is 4.79 Å². The van der Waals surface area contributed by atoms with Crippen LogP contribution in [0.1, 0.15) is 35.7 Å². The van der Waals surface area contributed by atoms with Gasteiger partial charge >= 0.3 is 0 Å². The average molecular weight is 208 g/mol. The van der Waals surface area contributed by atoms with Crippen molar-refractivity contribution in [1.82, 2.24) is 9.38 Å². The molecule has 0 amide bonds. The van der Waals surface area contributed by atoms with Gasteiger partial charge in [-0.15, -0.1) is 11.3 Å². The molecule has 0 fully saturated rings. The number of carbonyl (C=O) groups is 1. The molecule has 0 atom stereocenters. The normalized spacial score (nSPS) is 11.0. The van der Waals surface area contributed by atoms with Crippen LogP contribution in [0.3, 0.4) is 0 Å². The second-order valence-corrected chi connectivity index (χ2v) is 3.95. The van der Waals surface area contributed by atoms with Gasteiger partial charge in [-0.25, -0.2) is 4.98 Å². The standard InChI is InChI=1S/C10H12N2OS/c1-3-7-6-14-10-11-8(4-2)9(5-13)12(7)10/h5-6H,3-4H2,1-2H3. The van der Waals surface area contributed by atoms with Crippen molar-refractivity contribution in [2.24, 2.45) is 0 Å². The van der Waals surface area contributed by atoms with Gasteiger partial charge in [0, 0.05) is 11.1 Å². The van der Waals surface area contributed by atoms with Gasteiger partial charge in [-0.1, -0.05) is 13.8 Å². The lowest BCUT2D eigenvalue weighted by Gasteiger charge is -1.96. The van der Waals surface area contributed by atoms with Crippen molar-refractivity contribution >= 4 is 22.6 Å². The molecule has 0 radical (unpaired) electrons. The molecular weight excluding hydrogens is 196 g/mol. The minimum atomic E-state index is 0.723. The second-order valence-electron chi connectivity index (χ2n) is 3.11. The van der Waals surface area contributed by atoms with Crippen LogP contribution in [0.5, 0.6) is 0 Å². The van der Waals surface area contributed by atoms with Crippen LogP contribution in [0.4, 0.5) is 0 Å². The summed E-state index contributed by atoms with van der Waals surface area (Å²) in [5, 5.41) is 2.06. The van der Waals surface area contributed by atoms with E-state index in [0.717, 1.165) is 35.5 Å². The van der Waals surface area contributed by atoms with Crippen LogP contribution >= 0.6 is 11.3 Å². The first-order valence-corrected chi connectivity index (χ1v) is 5.62. The van der Waals surface area contributed by atoms with Crippen molar-refractivity contribution in [2.45, 2.75) is 26.7 Å². The summed E-state index contributed by atoms with van der Waals surface area (Å²) in [7, 11) is 0. The third-order valence-electron chi connectivity index (χ3n) is 2.35. The number of hydrogen-bond acceptors (Lipinski definition) is 3. The van der Waals surface area contributed by atoms with Gasteiger partial charge in [0.05, 0.1) is 5.69 Å². The summed E-state index contributed by atoms with van der Waals surface area (Å²) < 4.78 is 1.97. The molecule has 0 N–H and O–H groups in total. The van der Waals surface area contributed by atoms with Crippen LogP contribution in [0.15, 0.2) is 5.38 Å². The lowest BCUT2D eigenvalue weighted by atomic mass is 10.3. The first-order chi connectivity index (χ1) is 6.81. The summed E-state index contributed by atoms with van der Waals surface area (Å²) in [4.78, 5) is 16.3. The zero-order chi connectivity index (χ0) is 10.1. The van der Waals surface area contributed by atoms with Gasteiger partial charge in [0.2, 0.25) is 0 Å². The number of thiazole rings is 1. The Morgan fingerprint density at radius 3 is 2.86 bits per heavy atom. The molecule has 0 unspecified atom stereocenters. The minimum Gasteiger partial charge on any atom is -0.296 e. The van der Waals surface area contributed by atoms with Crippen molar-refractivity contribution in [1.29, 1.82) is 0 Å². The van der Waals surface area contributed by atoms with Crippen molar-refractivity contribution < 1.29 is 4.79 Å². The molecule has 2 aromatic rings. The first-order valence-electron chi connectivity index (χ1n) is 4.74. The Kier molecular flexibility index (Phi) is 2.37. The number of fused-ring (bicyclic) bond motifs is 1. The largest absolute Gasteiger partial charge is 0.296 e. The number of aryl methyl sites for hydroxylation is 2. The van der Waals surface area contributed by atoms with E-state index in [1.165, 1.54) is 5.69 Å². The van der Waals surface area contributed by atoms with Crippen molar-refractivity contribution in [3.05, 3.63) is 22.5 Å². The lowest BCUT2D eigenvalue weighted by molar-refractivity contribution is 0.111. The fourth-order valence-corrected chi connectivity index (χ4v) is 2.60. The van der Waals surface area contributed by atoms with Crippen LogP contribution in [0, 0.1) is 0 Å². The van der Waals surface area contributed by atoms with Gasteiger partial charge < -0.3 is 0 Å². The first kappa shape index (κ1) is 9.40. The highest BCUT2D eigenvalue weighted by Crippen LogP contribution is 2.20. The maximum Gasteiger partial charge on any atom is 0.194 e. The lowest BCUT2D eigenvalue weighted by Crippen LogP contribution is -1.96. The quantitative estimate of drug-likeness (QED) is 0.725. The molecular formula is C10H12N2OS. The topological polar surface area (TPSA) is 34.4 Å². The van der Waals surface area contributed by atoms with E-state index < -0.39 is 0 Å². The van der Waals surface area contributed by atoms with Crippen LogP contribution in [-0.2, 0) is 12.8 Å². The summed E-state index contributed by atoms with van der Waals surface area (Å²) in [5.41, 5.74) is 2.79. The molecule has 0 saturated carbocycles. The van der Waals surface area contributed by atoms with Crippen molar-refractivity contribution in [3.63, 3.8) is 0 Å². The SMILES string of the molecule is CCc1nc2scc(CC)n2c1C=O. The van der Waals surface area contributed by atoms with E-state index in [1.54, 1.807) is 11.3 Å². The fourth-order valence-electron chi connectivity index (χ4n) is 1.61. The summed E-state index contributed by atoms with van der Waals surface area (Å²) in [6.45, 7) is 4.10. The second kappa shape index (κ2) is 3.53. The Labute approximate surface area is 86.4 Å². The van der Waals surface area contributed by atoms with E-state index in [4.69, 9.17) is 0 Å². The number of rotatable bonds is 3. The average Bonchev–Trinajstić information content (AvgIpc) is 2.74. The molecule has 0 aromatic carbocycles. The Balaban J connectivity index is 2.77. The summed E-state index contributed by atoms with van der Waals surface area (Å²) in [6.07, 6.45) is 2.65. The van der Waals surface area contributed by atoms with E-state index in [-0.39, 0.29) is 0 Å². The number of hydrogen-bond donors (Lipinski definition) is 0. The highest BCUT2D eigenvalue weighted by atomic mass is 32.1. The van der Waals surface area contributed by atoms with Gasteiger partial charge in [0.15, 0.2) is 11.2 Å². The summed E-state index contributed by atoms with van der Waals surface area (Å²) in [6, 6.07) is 0. The maximum absolute atomic E-state index is 11.0. The van der Waals surface area contributed by atoms with Crippen molar-refractivity contribution in [2.75, 3.05) is 0 Å². The van der Waals surface area contributed by atoms with Crippen LogP contribution in [0.25, 0.3) is 4.96 Å². The predicted molar refractivity (Wildman–Crippen MR) is 57.2 cm³/mol. The highest BCUT2D eigenvalue weighted by molar-refractivity contribution is 7.15. The Hall–Kier alpha value is -1.16. The summed E-state index contributed by atoms with van der Waals surface area (Å²) >= 11 is 1.60. The van der Waals surface area contributed by atoms with Crippen LogP contribution in [0.2, 0.25) is 0 Å². The van der Waals surface area contributed by atoms with Gasteiger partial charge in [0.1, 0.15) is 5.69 Å². The molecule has 2 rings (SSSR count). The highest BCUT2D eigenvalue weighted by Gasteiger charge is 2.13. The molecule has 2 aromatic heterocycles. The molecule has 0 saturated heterocycles. The zero-order valence-corrected chi connectivity index (χ0v) is 9.10. The predicted octanol–water partition coefficient (Wildman–Crippen LogP) is 2.33. The van der Waals surface area contributed by atoms with Gasteiger partial charge in [-0.05, 0) is 12.8 Å². The monoisotopic (exact) mass is 208 g/mol. The third-order valence-corrected chi connectivity index (χ3v) is 3.23. The Bertz CT molecular complexity index is 470. The molecule has 0 aliphatic rings. The van der Waals surface area contributed by atoms with Crippen LogP contribution in [-0.4, -0.2) is 15.7 Å². The molecule has 14 heavy (non-hydrogen) atoms. The van der Waals surface area contributed by atoms with Crippen LogP contribution < -0.4 is 0 Å². The Morgan fingerprint density at radius 1 is 1.50 bits per heavy atom. The number of carbonyl (C=O) groups excluding carboxylic acids is 1. The Morgan fingerprint density at radius 2 is 2.29 bits per heavy atom. The summed E-state index contributed by atoms with van der Waals surface area (Å²) in [5.74, 6) is 0. The smallest absolute Gasteiger partial charge is 0.194 e. The molecule has 0 bridgehead atoms. The number of imidazole rings is 1. The number of aldehydes is 1. The van der Waals surface area contributed by atoms with E-state index in [0.29, 0.717) is 0 Å². The van der Waals surface area contributed by atoms with E-state index in [2.05, 4.69) is 17.3 Å². The third kappa shape index (κ3) is 1.18. The molecule has 0 spiro atoms. The van der Waals surface area contributed by atoms with Gasteiger partial charge in [-0.3, -0.25) is 9.20 Å². The van der Waals surface area contributed by atoms with Gasteiger partial charge in [-0.2, -0.15) is 0 Å². The zero-order valence-electron chi connectivity index (χ0n) is 8.28. The molecule has 2 heterocycles. The van der Waals surface area contributed by atoms with E-state index >= 15 is 0 Å². The minimum absolute atomic E-state index is 0.723. The molecule has 0 aliphatic heterocycles. The number of aromatic nitrogens is 2. The molecule has 3 nitrogen and oxygen atoms in total.